The third-order valence-electron chi connectivity index (χ3n) is 3.95. The van der Waals surface area contributed by atoms with Gasteiger partial charge in [-0.25, -0.2) is 8.42 Å². The maximum Gasteiger partial charge on any atom is 0.256 e. The molecule has 0 aliphatic rings. The number of hydrogen-bond acceptors (Lipinski definition) is 4. The van der Waals surface area contributed by atoms with Gasteiger partial charge in [0.1, 0.15) is 0 Å². The number of carbonyl (C=O) groups is 1. The number of amides is 1. The molecule has 146 valence electrons. The number of hydrogen-bond donors (Lipinski definition) is 1. The van der Waals surface area contributed by atoms with Gasteiger partial charge in [0, 0.05) is 28.9 Å². The van der Waals surface area contributed by atoms with Crippen LogP contribution in [0.15, 0.2) is 58.3 Å². The smallest absolute Gasteiger partial charge is 0.256 e. The van der Waals surface area contributed by atoms with Crippen molar-refractivity contribution in [2.75, 3.05) is 18.4 Å². The average Bonchev–Trinajstić information content (AvgIpc) is 2.63. The van der Waals surface area contributed by atoms with E-state index in [0.717, 1.165) is 4.90 Å². The van der Waals surface area contributed by atoms with Crippen molar-refractivity contribution in [2.45, 2.75) is 42.7 Å². The molecule has 0 radical (unpaired) electrons. The molecule has 0 saturated heterocycles. The van der Waals surface area contributed by atoms with Crippen LogP contribution in [0, 0.1) is 0 Å². The first kappa shape index (κ1) is 21.5. The van der Waals surface area contributed by atoms with E-state index < -0.39 is 10.0 Å². The van der Waals surface area contributed by atoms with Crippen LogP contribution in [0.4, 0.5) is 5.69 Å². The van der Waals surface area contributed by atoms with Gasteiger partial charge in [0.2, 0.25) is 10.0 Å². The van der Waals surface area contributed by atoms with Crippen molar-refractivity contribution < 1.29 is 13.2 Å². The van der Waals surface area contributed by atoms with E-state index in [1.54, 1.807) is 30.0 Å². The van der Waals surface area contributed by atoms with Gasteiger partial charge in [0.25, 0.3) is 5.91 Å². The van der Waals surface area contributed by atoms with Crippen molar-refractivity contribution in [3.63, 3.8) is 0 Å². The van der Waals surface area contributed by atoms with Crippen molar-refractivity contribution in [3.05, 3.63) is 54.1 Å². The lowest BCUT2D eigenvalue weighted by Crippen LogP contribution is -2.30. The van der Waals surface area contributed by atoms with E-state index in [0.29, 0.717) is 29.6 Å². The largest absolute Gasteiger partial charge is 0.322 e. The first-order valence-corrected chi connectivity index (χ1v) is 11.3. The molecule has 1 amide bonds. The number of sulfonamides is 1. The van der Waals surface area contributed by atoms with Crippen molar-refractivity contribution in [3.8, 4) is 0 Å². The molecule has 2 aromatic carbocycles. The quantitative estimate of drug-likeness (QED) is 0.657. The standard InChI is InChI=1S/C20H26N2O3S2/c1-5-22(6-2)27(24,25)17-13-11-16(12-14-17)21-20(23)18-9-7-8-10-19(18)26-15(3)4/h7-15H,5-6H2,1-4H3,(H,21,23). The fourth-order valence-corrected chi connectivity index (χ4v) is 5.04. The van der Waals surface area contributed by atoms with Crippen LogP contribution in [0.3, 0.4) is 0 Å². The number of nitrogens with one attached hydrogen (secondary N) is 1. The molecule has 7 heteroatoms. The molecule has 5 nitrogen and oxygen atoms in total. The van der Waals surface area contributed by atoms with E-state index in [1.165, 1.54) is 16.4 Å². The topological polar surface area (TPSA) is 66.5 Å². The SMILES string of the molecule is CCN(CC)S(=O)(=O)c1ccc(NC(=O)c2ccccc2SC(C)C)cc1. The Labute approximate surface area is 166 Å². The molecule has 0 aliphatic carbocycles. The molecule has 0 atom stereocenters. The summed E-state index contributed by atoms with van der Waals surface area (Å²) in [5.74, 6) is -0.210. The van der Waals surface area contributed by atoms with E-state index in [4.69, 9.17) is 0 Å². The van der Waals surface area contributed by atoms with Crippen LogP contribution in [0.1, 0.15) is 38.1 Å². The normalized spacial score (nSPS) is 11.8. The van der Waals surface area contributed by atoms with Crippen molar-refractivity contribution >= 4 is 33.4 Å². The highest BCUT2D eigenvalue weighted by Crippen LogP contribution is 2.27. The van der Waals surface area contributed by atoms with Gasteiger partial charge in [0.05, 0.1) is 10.5 Å². The van der Waals surface area contributed by atoms with Crippen molar-refractivity contribution in [1.29, 1.82) is 0 Å². The molecule has 1 N–H and O–H groups in total. The summed E-state index contributed by atoms with van der Waals surface area (Å²) in [4.78, 5) is 13.8. The Morgan fingerprint density at radius 2 is 1.63 bits per heavy atom. The van der Waals surface area contributed by atoms with Gasteiger partial charge in [-0.1, -0.05) is 39.8 Å². The molecule has 27 heavy (non-hydrogen) atoms. The zero-order valence-corrected chi connectivity index (χ0v) is 17.7. The van der Waals surface area contributed by atoms with E-state index in [9.17, 15) is 13.2 Å². The highest BCUT2D eigenvalue weighted by molar-refractivity contribution is 8.00. The van der Waals surface area contributed by atoms with Gasteiger partial charge in [-0.05, 0) is 36.4 Å². The lowest BCUT2D eigenvalue weighted by Gasteiger charge is -2.18. The molecule has 2 rings (SSSR count). The average molecular weight is 407 g/mol. The third kappa shape index (κ3) is 5.34. The minimum Gasteiger partial charge on any atom is -0.322 e. The summed E-state index contributed by atoms with van der Waals surface area (Å²) in [6.45, 7) is 8.61. The third-order valence-corrected chi connectivity index (χ3v) is 7.10. The second-order valence-electron chi connectivity index (χ2n) is 6.23. The molecule has 2 aromatic rings. The Morgan fingerprint density at radius 3 is 2.19 bits per heavy atom. The molecule has 0 bridgehead atoms. The Kier molecular flexibility index (Phi) is 7.47. The fourth-order valence-electron chi connectivity index (χ4n) is 2.63. The Morgan fingerprint density at radius 1 is 1.04 bits per heavy atom. The van der Waals surface area contributed by atoms with E-state index in [-0.39, 0.29) is 10.8 Å². The monoisotopic (exact) mass is 406 g/mol. The number of carbonyl (C=O) groups excluding carboxylic acids is 1. The van der Waals surface area contributed by atoms with Gasteiger partial charge in [-0.2, -0.15) is 4.31 Å². The number of thioether (sulfide) groups is 1. The number of benzene rings is 2. The molecule has 0 aromatic heterocycles. The fraction of sp³-hybridized carbons (Fsp3) is 0.350. The summed E-state index contributed by atoms with van der Waals surface area (Å²) in [5.41, 5.74) is 1.17. The molecule has 0 heterocycles. The van der Waals surface area contributed by atoms with Crippen LogP contribution in [0.25, 0.3) is 0 Å². The zero-order chi connectivity index (χ0) is 20.0. The van der Waals surface area contributed by atoms with Crippen LogP contribution in [-0.4, -0.2) is 37.0 Å². The second kappa shape index (κ2) is 9.39. The maximum absolute atomic E-state index is 12.6. The predicted octanol–water partition coefficient (Wildman–Crippen LogP) is 4.47. The predicted molar refractivity (Wildman–Crippen MR) is 112 cm³/mol. The van der Waals surface area contributed by atoms with Crippen LogP contribution in [0.5, 0.6) is 0 Å². The van der Waals surface area contributed by atoms with E-state index >= 15 is 0 Å². The van der Waals surface area contributed by atoms with Gasteiger partial charge in [-0.3, -0.25) is 4.79 Å². The highest BCUT2D eigenvalue weighted by Gasteiger charge is 2.21. The Bertz CT molecular complexity index is 874. The first-order chi connectivity index (χ1) is 12.8. The minimum absolute atomic E-state index is 0.210. The lowest BCUT2D eigenvalue weighted by molar-refractivity contribution is 0.102. The van der Waals surface area contributed by atoms with Crippen LogP contribution >= 0.6 is 11.8 Å². The molecule has 0 saturated carbocycles. The molecular formula is C20H26N2O3S2. The molecule has 0 fully saturated rings. The van der Waals surface area contributed by atoms with Crippen LogP contribution in [-0.2, 0) is 10.0 Å². The zero-order valence-electron chi connectivity index (χ0n) is 16.1. The summed E-state index contributed by atoms with van der Waals surface area (Å²) in [5, 5.41) is 3.21. The number of anilines is 1. The summed E-state index contributed by atoms with van der Waals surface area (Å²) in [6, 6.07) is 13.8. The Balaban J connectivity index is 2.19. The maximum atomic E-state index is 12.6. The highest BCUT2D eigenvalue weighted by atomic mass is 32.2. The van der Waals surface area contributed by atoms with Gasteiger partial charge in [0.15, 0.2) is 0 Å². The summed E-state index contributed by atoms with van der Waals surface area (Å²) in [7, 11) is -3.50. The summed E-state index contributed by atoms with van der Waals surface area (Å²) in [6.07, 6.45) is 0. The van der Waals surface area contributed by atoms with E-state index in [1.807, 2.05) is 32.0 Å². The van der Waals surface area contributed by atoms with Crippen LogP contribution < -0.4 is 5.32 Å². The molecular weight excluding hydrogens is 380 g/mol. The minimum atomic E-state index is -3.50. The summed E-state index contributed by atoms with van der Waals surface area (Å²) >= 11 is 1.63. The van der Waals surface area contributed by atoms with Crippen molar-refractivity contribution in [1.82, 2.24) is 4.31 Å². The van der Waals surface area contributed by atoms with Gasteiger partial charge >= 0.3 is 0 Å². The second-order valence-corrected chi connectivity index (χ2v) is 9.79. The lowest BCUT2D eigenvalue weighted by atomic mass is 10.2. The van der Waals surface area contributed by atoms with Gasteiger partial charge in [-0.15, -0.1) is 11.8 Å². The van der Waals surface area contributed by atoms with Crippen LogP contribution in [0.2, 0.25) is 0 Å². The number of rotatable bonds is 8. The first-order valence-electron chi connectivity index (χ1n) is 8.96. The molecule has 0 aliphatic heterocycles. The molecule has 0 spiro atoms. The van der Waals surface area contributed by atoms with Gasteiger partial charge < -0.3 is 5.32 Å². The Hall–Kier alpha value is -1.83. The molecule has 0 unspecified atom stereocenters. The number of nitrogens with zero attached hydrogens (tertiary/aromatic N) is 1. The van der Waals surface area contributed by atoms with Crippen molar-refractivity contribution in [2.24, 2.45) is 0 Å². The van der Waals surface area contributed by atoms with E-state index in [2.05, 4.69) is 19.2 Å². The summed E-state index contributed by atoms with van der Waals surface area (Å²) < 4.78 is 26.5.